The van der Waals surface area contributed by atoms with E-state index in [0.29, 0.717) is 5.47 Å². The minimum atomic E-state index is -1.33. The second-order valence-electron chi connectivity index (χ2n) is 7.48. The molecular formula is C21H40BBrNNaO2. The van der Waals surface area contributed by atoms with Gasteiger partial charge in [0.2, 0.25) is 0 Å². The zero-order valence-corrected chi connectivity index (χ0v) is 21.4. The van der Waals surface area contributed by atoms with Crippen molar-refractivity contribution in [2.24, 2.45) is 0 Å². The Labute approximate surface area is 201 Å². The molecule has 0 bridgehead atoms. The Hall–Kier alpha value is 0.745. The van der Waals surface area contributed by atoms with Crippen LogP contribution in [-0.2, 0) is 0 Å². The van der Waals surface area contributed by atoms with Gasteiger partial charge in [-0.15, -0.1) is 0 Å². The fraction of sp³-hybridized carbons (Fsp3) is 0.810. The molecule has 0 aromatic rings. The van der Waals surface area contributed by atoms with Crippen molar-refractivity contribution < 1.29 is 56.6 Å². The van der Waals surface area contributed by atoms with E-state index in [1.807, 2.05) is 12.3 Å². The minimum absolute atomic E-state index is 0. The maximum absolute atomic E-state index is 9.09. The molecule has 152 valence electrons. The molecule has 0 saturated heterocycles. The molecule has 0 aliphatic carbocycles. The third kappa shape index (κ3) is 17.3. The Morgan fingerprint density at radius 2 is 1.26 bits per heavy atom. The van der Waals surface area contributed by atoms with E-state index >= 15 is 0 Å². The molecule has 0 atom stereocenters. The van der Waals surface area contributed by atoms with E-state index in [1.165, 1.54) is 89.9 Å². The van der Waals surface area contributed by atoms with Crippen LogP contribution in [0.15, 0.2) is 23.8 Å². The summed E-state index contributed by atoms with van der Waals surface area (Å²) >= 11 is 0. The zero-order chi connectivity index (χ0) is 18.2. The first kappa shape index (κ1) is 29.9. The predicted molar refractivity (Wildman–Crippen MR) is 109 cm³/mol. The molecule has 0 amide bonds. The van der Waals surface area contributed by atoms with Crippen molar-refractivity contribution in [3.8, 4) is 0 Å². The van der Waals surface area contributed by atoms with E-state index in [9.17, 15) is 0 Å². The summed E-state index contributed by atoms with van der Waals surface area (Å²) in [6.07, 6.45) is 25.2. The maximum Gasteiger partial charge on any atom is 1.00 e. The second kappa shape index (κ2) is 21.5. The van der Waals surface area contributed by atoms with Crippen molar-refractivity contribution in [1.29, 1.82) is 0 Å². The average molecular weight is 452 g/mol. The summed E-state index contributed by atoms with van der Waals surface area (Å²) in [7, 11) is -1.33. The summed E-state index contributed by atoms with van der Waals surface area (Å²) in [4.78, 5) is 2.24. The third-order valence-electron chi connectivity index (χ3n) is 5.14. The number of rotatable bonds is 16. The summed E-state index contributed by atoms with van der Waals surface area (Å²) in [6, 6.07) is 0. The number of halogens is 1. The fourth-order valence-corrected chi connectivity index (χ4v) is 3.41. The smallest absolute Gasteiger partial charge is 1.00 e. The molecule has 1 aliphatic rings. The Balaban J connectivity index is 0. The molecule has 6 heteroatoms. The summed E-state index contributed by atoms with van der Waals surface area (Å²) in [5.74, 6) is 0. The molecule has 2 N–H and O–H groups in total. The van der Waals surface area contributed by atoms with Crippen LogP contribution in [0.5, 0.6) is 0 Å². The Bertz CT molecular complexity index is 381. The third-order valence-corrected chi connectivity index (χ3v) is 5.14. The van der Waals surface area contributed by atoms with Gasteiger partial charge in [-0.1, -0.05) is 96.5 Å². The summed E-state index contributed by atoms with van der Waals surface area (Å²) in [5.41, 5.74) is 0.609. The summed E-state index contributed by atoms with van der Waals surface area (Å²) < 4.78 is 0. The van der Waals surface area contributed by atoms with Crippen LogP contribution in [0, 0.1) is 0 Å². The quantitative estimate of drug-likeness (QED) is 0.239. The Kier molecular flexibility index (Phi) is 23.8. The molecule has 1 heterocycles. The SMILES string of the molecule is CCCCCCCCCCCCCCCCN1C=CC(B(O)O)=CC1.[Br-].[Na+]. The number of hydrogen-bond acceptors (Lipinski definition) is 3. The molecule has 0 radical (unpaired) electrons. The Morgan fingerprint density at radius 3 is 1.63 bits per heavy atom. The van der Waals surface area contributed by atoms with Gasteiger partial charge >= 0.3 is 36.7 Å². The van der Waals surface area contributed by atoms with Gasteiger partial charge in [-0.25, -0.2) is 0 Å². The molecule has 0 aromatic heterocycles. The largest absolute Gasteiger partial charge is 1.00 e. The normalized spacial score (nSPS) is 13.0. The number of hydrogen-bond donors (Lipinski definition) is 2. The van der Waals surface area contributed by atoms with Gasteiger partial charge in [0, 0.05) is 13.1 Å². The number of allylic oxidation sites excluding steroid dienone is 2. The van der Waals surface area contributed by atoms with E-state index in [4.69, 9.17) is 10.0 Å². The second-order valence-corrected chi connectivity index (χ2v) is 7.48. The zero-order valence-electron chi connectivity index (χ0n) is 17.8. The van der Waals surface area contributed by atoms with Gasteiger partial charge in [-0.2, -0.15) is 0 Å². The van der Waals surface area contributed by atoms with Crippen LogP contribution in [0.4, 0.5) is 0 Å². The van der Waals surface area contributed by atoms with Gasteiger partial charge in [-0.05, 0) is 24.2 Å². The van der Waals surface area contributed by atoms with Crippen LogP contribution in [0.25, 0.3) is 0 Å². The van der Waals surface area contributed by atoms with E-state index in [-0.39, 0.29) is 46.5 Å². The van der Waals surface area contributed by atoms with Crippen molar-refractivity contribution in [2.45, 2.75) is 96.8 Å². The molecular weight excluding hydrogens is 412 g/mol. The fourth-order valence-electron chi connectivity index (χ4n) is 3.41. The summed E-state index contributed by atoms with van der Waals surface area (Å²) in [5, 5.41) is 18.2. The van der Waals surface area contributed by atoms with Crippen molar-refractivity contribution in [3.05, 3.63) is 23.8 Å². The number of nitrogens with zero attached hydrogens (tertiary/aromatic N) is 1. The monoisotopic (exact) mass is 451 g/mol. The summed E-state index contributed by atoms with van der Waals surface area (Å²) in [6.45, 7) is 4.14. The topological polar surface area (TPSA) is 43.7 Å². The van der Waals surface area contributed by atoms with Crippen LogP contribution in [0.2, 0.25) is 0 Å². The minimum Gasteiger partial charge on any atom is -1.00 e. The first-order valence-electron chi connectivity index (χ1n) is 10.7. The molecule has 0 unspecified atom stereocenters. The first-order valence-corrected chi connectivity index (χ1v) is 10.7. The van der Waals surface area contributed by atoms with Crippen molar-refractivity contribution >= 4 is 7.12 Å². The van der Waals surface area contributed by atoms with Crippen LogP contribution >= 0.6 is 0 Å². The van der Waals surface area contributed by atoms with E-state index in [0.717, 1.165) is 13.1 Å². The number of unbranched alkanes of at least 4 members (excludes halogenated alkanes) is 13. The van der Waals surface area contributed by atoms with Crippen LogP contribution in [0.1, 0.15) is 96.8 Å². The molecule has 0 aromatic carbocycles. The molecule has 27 heavy (non-hydrogen) atoms. The van der Waals surface area contributed by atoms with Crippen molar-refractivity contribution in [3.63, 3.8) is 0 Å². The van der Waals surface area contributed by atoms with Crippen molar-refractivity contribution in [2.75, 3.05) is 13.1 Å². The molecule has 0 fully saturated rings. The van der Waals surface area contributed by atoms with Crippen LogP contribution in [-0.4, -0.2) is 35.2 Å². The first-order chi connectivity index (χ1) is 12.2. The van der Waals surface area contributed by atoms with Crippen LogP contribution < -0.4 is 46.5 Å². The average Bonchev–Trinajstić information content (AvgIpc) is 2.62. The molecule has 0 saturated carbocycles. The van der Waals surface area contributed by atoms with Gasteiger partial charge in [0.15, 0.2) is 0 Å². The van der Waals surface area contributed by atoms with Crippen LogP contribution in [0.3, 0.4) is 0 Å². The van der Waals surface area contributed by atoms with E-state index in [1.54, 1.807) is 6.08 Å². The predicted octanol–water partition coefficient (Wildman–Crippen LogP) is -0.757. The van der Waals surface area contributed by atoms with Gasteiger partial charge in [0.1, 0.15) is 0 Å². The molecule has 0 spiro atoms. The van der Waals surface area contributed by atoms with Crippen molar-refractivity contribution in [1.82, 2.24) is 4.90 Å². The van der Waals surface area contributed by atoms with E-state index < -0.39 is 7.12 Å². The Morgan fingerprint density at radius 1 is 0.815 bits per heavy atom. The molecule has 3 nitrogen and oxygen atoms in total. The van der Waals surface area contributed by atoms with E-state index in [2.05, 4.69) is 11.8 Å². The van der Waals surface area contributed by atoms with Gasteiger partial charge < -0.3 is 31.9 Å². The van der Waals surface area contributed by atoms with Gasteiger partial charge in [-0.3, -0.25) is 0 Å². The molecule has 1 aliphatic heterocycles. The maximum atomic E-state index is 9.09. The standard InChI is InChI=1S/C21H40BNO2.BrH.Na/c1-2-3-4-5-6-7-8-9-10-11-12-13-14-15-18-23-19-16-21(17-20-23)22(24)25;;/h16-17,19,24-25H,2-15,18,20H2,1H3;1H;/q;;+1/p-1. The van der Waals surface area contributed by atoms with Gasteiger partial charge in [0.05, 0.1) is 0 Å². The molecule has 1 rings (SSSR count). The van der Waals surface area contributed by atoms with Gasteiger partial charge in [0.25, 0.3) is 0 Å².